The number of methoxy groups -OCH3 is 2. The summed E-state index contributed by atoms with van der Waals surface area (Å²) in [5.74, 6) is 1.95. The average Bonchev–Trinajstić information content (AvgIpc) is 2.82. The molecule has 1 N–H and O–H groups in total. The van der Waals surface area contributed by atoms with Crippen LogP contribution in [0.1, 0.15) is 15.9 Å². The van der Waals surface area contributed by atoms with Crippen LogP contribution >= 0.6 is 0 Å². The molecule has 0 aliphatic carbocycles. The Morgan fingerprint density at radius 1 is 1.07 bits per heavy atom. The number of anilines is 1. The number of aromatic nitrogens is 2. The van der Waals surface area contributed by atoms with E-state index in [4.69, 9.17) is 14.2 Å². The van der Waals surface area contributed by atoms with E-state index in [2.05, 4.69) is 20.2 Å². The Labute approximate surface area is 174 Å². The molecule has 8 heteroatoms. The fraction of sp³-hybridized carbons (Fsp3) is 0.318. The third-order valence-electron chi connectivity index (χ3n) is 5.09. The van der Waals surface area contributed by atoms with Crippen LogP contribution in [0.4, 0.5) is 5.82 Å². The van der Waals surface area contributed by atoms with Crippen molar-refractivity contribution in [1.82, 2.24) is 15.3 Å². The predicted molar refractivity (Wildman–Crippen MR) is 113 cm³/mol. The van der Waals surface area contributed by atoms with E-state index < -0.39 is 0 Å². The van der Waals surface area contributed by atoms with Gasteiger partial charge in [-0.3, -0.25) is 4.79 Å². The summed E-state index contributed by atoms with van der Waals surface area (Å²) < 4.78 is 16.0. The Bertz CT molecular complexity index is 1050. The van der Waals surface area contributed by atoms with Gasteiger partial charge in [-0.05, 0) is 35.9 Å². The van der Waals surface area contributed by atoms with Crippen LogP contribution in [0.5, 0.6) is 11.5 Å². The second-order valence-electron chi connectivity index (χ2n) is 6.90. The molecule has 0 unspecified atom stereocenters. The Kier molecular flexibility index (Phi) is 5.94. The number of morpholine rings is 1. The lowest BCUT2D eigenvalue weighted by molar-refractivity contribution is 0.0951. The van der Waals surface area contributed by atoms with E-state index in [9.17, 15) is 4.79 Å². The molecular weight excluding hydrogens is 384 g/mol. The minimum Gasteiger partial charge on any atom is -0.493 e. The molecule has 0 radical (unpaired) electrons. The zero-order valence-electron chi connectivity index (χ0n) is 17.1. The summed E-state index contributed by atoms with van der Waals surface area (Å²) in [4.78, 5) is 23.8. The van der Waals surface area contributed by atoms with Gasteiger partial charge < -0.3 is 24.4 Å². The van der Waals surface area contributed by atoms with Crippen LogP contribution in [0.15, 0.2) is 42.7 Å². The summed E-state index contributed by atoms with van der Waals surface area (Å²) >= 11 is 0. The van der Waals surface area contributed by atoms with Crippen molar-refractivity contribution in [2.75, 3.05) is 45.4 Å². The lowest BCUT2D eigenvalue weighted by Gasteiger charge is -2.28. The minimum atomic E-state index is -0.163. The number of ether oxygens (including phenoxy) is 3. The third kappa shape index (κ3) is 4.13. The second kappa shape index (κ2) is 8.96. The summed E-state index contributed by atoms with van der Waals surface area (Å²) in [7, 11) is 3.18. The van der Waals surface area contributed by atoms with Gasteiger partial charge in [0.25, 0.3) is 5.91 Å². The molecule has 3 aromatic rings. The Morgan fingerprint density at radius 2 is 1.87 bits per heavy atom. The molecule has 1 aliphatic rings. The van der Waals surface area contributed by atoms with Crippen LogP contribution in [0.25, 0.3) is 10.9 Å². The third-order valence-corrected chi connectivity index (χ3v) is 5.09. The maximum Gasteiger partial charge on any atom is 0.251 e. The molecule has 156 valence electrons. The first-order valence-corrected chi connectivity index (χ1v) is 9.76. The standard InChI is InChI=1S/C22H24N4O4/c1-28-19-6-3-15(11-20(19)29-2)13-23-22(27)16-4-5-18-17(12-16)21(25-14-24-18)26-7-9-30-10-8-26/h3-6,11-12,14H,7-10,13H2,1-2H3,(H,23,27). The number of carbonyl (C=O) groups is 1. The maximum absolute atomic E-state index is 12.8. The van der Waals surface area contributed by atoms with Gasteiger partial charge in [0.15, 0.2) is 11.5 Å². The molecular formula is C22H24N4O4. The summed E-state index contributed by atoms with van der Waals surface area (Å²) in [5, 5.41) is 3.82. The van der Waals surface area contributed by atoms with Gasteiger partial charge in [-0.1, -0.05) is 6.07 Å². The van der Waals surface area contributed by atoms with E-state index >= 15 is 0 Å². The minimum absolute atomic E-state index is 0.163. The highest BCUT2D eigenvalue weighted by molar-refractivity contribution is 6.00. The van der Waals surface area contributed by atoms with Gasteiger partial charge in [0.1, 0.15) is 12.1 Å². The molecule has 2 aromatic carbocycles. The number of nitrogens with zero attached hydrogens (tertiary/aromatic N) is 3. The molecule has 8 nitrogen and oxygen atoms in total. The van der Waals surface area contributed by atoms with Crippen molar-refractivity contribution in [3.8, 4) is 11.5 Å². The molecule has 1 saturated heterocycles. The monoisotopic (exact) mass is 408 g/mol. The fourth-order valence-corrected chi connectivity index (χ4v) is 3.49. The first-order valence-electron chi connectivity index (χ1n) is 9.76. The quantitative estimate of drug-likeness (QED) is 0.670. The van der Waals surface area contributed by atoms with Crippen molar-refractivity contribution in [2.24, 2.45) is 0 Å². The SMILES string of the molecule is COc1ccc(CNC(=O)c2ccc3ncnc(N4CCOCC4)c3c2)cc1OC. The summed E-state index contributed by atoms with van der Waals surface area (Å²) in [6, 6.07) is 11.1. The van der Waals surface area contributed by atoms with E-state index in [0.717, 1.165) is 35.4 Å². The van der Waals surface area contributed by atoms with Crippen LogP contribution in [-0.2, 0) is 11.3 Å². The van der Waals surface area contributed by atoms with Gasteiger partial charge in [0, 0.05) is 30.6 Å². The Balaban J connectivity index is 1.53. The topological polar surface area (TPSA) is 85.8 Å². The smallest absolute Gasteiger partial charge is 0.251 e. The summed E-state index contributed by atoms with van der Waals surface area (Å²) in [6.07, 6.45) is 1.56. The maximum atomic E-state index is 12.8. The Morgan fingerprint density at radius 3 is 2.63 bits per heavy atom. The highest BCUT2D eigenvalue weighted by Crippen LogP contribution is 2.28. The molecule has 1 fully saturated rings. The van der Waals surface area contributed by atoms with Crippen molar-refractivity contribution >= 4 is 22.6 Å². The van der Waals surface area contributed by atoms with Crippen molar-refractivity contribution in [3.63, 3.8) is 0 Å². The van der Waals surface area contributed by atoms with E-state index in [0.29, 0.717) is 36.8 Å². The zero-order chi connectivity index (χ0) is 20.9. The van der Waals surface area contributed by atoms with Crippen molar-refractivity contribution in [3.05, 3.63) is 53.9 Å². The highest BCUT2D eigenvalue weighted by atomic mass is 16.5. The predicted octanol–water partition coefficient (Wildman–Crippen LogP) is 2.41. The lowest BCUT2D eigenvalue weighted by atomic mass is 10.1. The van der Waals surface area contributed by atoms with Gasteiger partial charge in [0.2, 0.25) is 0 Å². The largest absolute Gasteiger partial charge is 0.493 e. The number of hydrogen-bond acceptors (Lipinski definition) is 7. The summed E-state index contributed by atoms with van der Waals surface area (Å²) in [6.45, 7) is 3.23. The molecule has 2 heterocycles. The fourth-order valence-electron chi connectivity index (χ4n) is 3.49. The van der Waals surface area contributed by atoms with E-state index in [1.165, 1.54) is 0 Å². The molecule has 1 aliphatic heterocycles. The first kappa shape index (κ1) is 19.9. The number of nitrogens with one attached hydrogen (secondary N) is 1. The lowest BCUT2D eigenvalue weighted by Crippen LogP contribution is -2.36. The molecule has 0 spiro atoms. The van der Waals surface area contributed by atoms with Crippen molar-refractivity contribution in [2.45, 2.75) is 6.54 Å². The number of amides is 1. The first-order chi connectivity index (χ1) is 14.7. The number of benzene rings is 2. The number of fused-ring (bicyclic) bond motifs is 1. The van der Waals surface area contributed by atoms with E-state index in [1.807, 2.05) is 30.3 Å². The van der Waals surface area contributed by atoms with Crippen molar-refractivity contribution < 1.29 is 19.0 Å². The van der Waals surface area contributed by atoms with Crippen molar-refractivity contribution in [1.29, 1.82) is 0 Å². The van der Waals surface area contributed by atoms with Gasteiger partial charge in [-0.2, -0.15) is 0 Å². The molecule has 0 saturated carbocycles. The Hall–Kier alpha value is -3.39. The van der Waals surface area contributed by atoms with E-state index in [-0.39, 0.29) is 5.91 Å². The van der Waals surface area contributed by atoms with Gasteiger partial charge >= 0.3 is 0 Å². The van der Waals surface area contributed by atoms with Crippen LogP contribution in [0.2, 0.25) is 0 Å². The molecule has 1 amide bonds. The molecule has 0 bridgehead atoms. The molecule has 4 rings (SSSR count). The number of hydrogen-bond donors (Lipinski definition) is 1. The average molecular weight is 408 g/mol. The molecule has 0 atom stereocenters. The van der Waals surface area contributed by atoms with Crippen LogP contribution < -0.4 is 19.7 Å². The number of rotatable bonds is 6. The van der Waals surface area contributed by atoms with Gasteiger partial charge in [-0.15, -0.1) is 0 Å². The van der Waals surface area contributed by atoms with Gasteiger partial charge in [0.05, 0.1) is 33.0 Å². The summed E-state index contributed by atoms with van der Waals surface area (Å²) in [5.41, 5.74) is 2.29. The van der Waals surface area contributed by atoms with Crippen LogP contribution in [0, 0.1) is 0 Å². The number of carbonyl (C=O) groups excluding carboxylic acids is 1. The molecule has 30 heavy (non-hydrogen) atoms. The normalized spacial score (nSPS) is 13.9. The van der Waals surface area contributed by atoms with Crippen LogP contribution in [-0.4, -0.2) is 56.4 Å². The second-order valence-corrected chi connectivity index (χ2v) is 6.90. The van der Waals surface area contributed by atoms with Crippen LogP contribution in [0.3, 0.4) is 0 Å². The highest BCUT2D eigenvalue weighted by Gasteiger charge is 2.17. The van der Waals surface area contributed by atoms with E-state index in [1.54, 1.807) is 26.6 Å². The molecule has 1 aromatic heterocycles. The zero-order valence-corrected chi connectivity index (χ0v) is 17.1. The van der Waals surface area contributed by atoms with Gasteiger partial charge in [-0.25, -0.2) is 9.97 Å².